The molecular formula is C42H28N2. The first-order valence-corrected chi connectivity index (χ1v) is 15.6. The van der Waals surface area contributed by atoms with E-state index in [1.165, 1.54) is 79.6 Å². The van der Waals surface area contributed by atoms with Crippen LogP contribution in [0, 0.1) is 0 Å². The lowest BCUT2D eigenvalue weighted by Gasteiger charge is -2.30. The van der Waals surface area contributed by atoms with Gasteiger partial charge in [-0.1, -0.05) is 127 Å². The van der Waals surface area contributed by atoms with E-state index < -0.39 is 0 Å². The van der Waals surface area contributed by atoms with Gasteiger partial charge in [0, 0.05) is 16.9 Å². The van der Waals surface area contributed by atoms with Crippen LogP contribution in [0.25, 0.3) is 55.7 Å². The Morgan fingerprint density at radius 2 is 1.07 bits per heavy atom. The number of hydrogen-bond acceptors (Lipinski definition) is 2. The fourth-order valence-electron chi connectivity index (χ4n) is 8.09. The number of hydrogen-bond donors (Lipinski definition) is 0. The predicted octanol–water partition coefficient (Wildman–Crippen LogP) is 10.2. The van der Waals surface area contributed by atoms with E-state index >= 15 is 0 Å². The number of benzene rings is 6. The molecule has 6 aromatic carbocycles. The van der Waals surface area contributed by atoms with Gasteiger partial charge in [-0.3, -0.25) is 0 Å². The summed E-state index contributed by atoms with van der Waals surface area (Å²) < 4.78 is 0. The van der Waals surface area contributed by atoms with Crippen molar-refractivity contribution in [3.05, 3.63) is 167 Å². The van der Waals surface area contributed by atoms with Gasteiger partial charge in [0.05, 0.1) is 16.6 Å². The lowest BCUT2D eigenvalue weighted by atomic mass is 9.70. The van der Waals surface area contributed by atoms with Gasteiger partial charge in [0.1, 0.15) is 0 Å². The Bertz CT molecular complexity index is 2250. The van der Waals surface area contributed by atoms with Gasteiger partial charge in [-0.05, 0) is 80.6 Å². The Hall–Kier alpha value is -5.34. The summed E-state index contributed by atoms with van der Waals surface area (Å²) in [5.41, 5.74) is 16.3. The van der Waals surface area contributed by atoms with Crippen molar-refractivity contribution in [2.45, 2.75) is 24.2 Å². The molecule has 1 spiro atoms. The zero-order chi connectivity index (χ0) is 28.8. The molecule has 10 rings (SSSR count). The number of aromatic nitrogens is 2. The first kappa shape index (κ1) is 24.1. The van der Waals surface area contributed by atoms with Crippen LogP contribution >= 0.6 is 0 Å². The smallest absolute Gasteiger partial charge is 0.160 e. The minimum absolute atomic E-state index is 0.334. The molecule has 2 nitrogen and oxygen atoms in total. The van der Waals surface area contributed by atoms with Crippen molar-refractivity contribution in [2.24, 2.45) is 0 Å². The van der Waals surface area contributed by atoms with Crippen LogP contribution < -0.4 is 0 Å². The first-order chi connectivity index (χ1) is 21.8. The molecule has 2 heteroatoms. The Morgan fingerprint density at radius 1 is 0.477 bits per heavy atom. The summed E-state index contributed by atoms with van der Waals surface area (Å²) in [4.78, 5) is 10.2. The van der Waals surface area contributed by atoms with E-state index in [1.54, 1.807) is 0 Å². The lowest BCUT2D eigenvalue weighted by molar-refractivity contribution is 0.794. The highest BCUT2D eigenvalue weighted by Gasteiger charge is 2.51. The van der Waals surface area contributed by atoms with Crippen LogP contribution in [0.3, 0.4) is 0 Å². The van der Waals surface area contributed by atoms with Crippen LogP contribution in [0.5, 0.6) is 0 Å². The molecule has 44 heavy (non-hydrogen) atoms. The molecule has 0 radical (unpaired) electrons. The SMILES string of the molecule is c1ccc(-c2nc(C3CC3)c3cc(-c4cccc5c4-c4ccccc4C54c5ccccc5-c5ccccc54)ccc3n2)cc1. The van der Waals surface area contributed by atoms with Crippen molar-refractivity contribution in [3.63, 3.8) is 0 Å². The first-order valence-electron chi connectivity index (χ1n) is 15.6. The molecule has 3 aliphatic carbocycles. The molecule has 3 aliphatic rings. The van der Waals surface area contributed by atoms with Crippen molar-refractivity contribution in [3.8, 4) is 44.8 Å². The molecule has 206 valence electrons. The molecule has 1 heterocycles. The predicted molar refractivity (Wildman–Crippen MR) is 179 cm³/mol. The molecule has 0 unspecified atom stereocenters. The van der Waals surface area contributed by atoms with E-state index in [0.717, 1.165) is 16.9 Å². The maximum Gasteiger partial charge on any atom is 0.160 e. The van der Waals surface area contributed by atoms with Crippen molar-refractivity contribution >= 4 is 10.9 Å². The quantitative estimate of drug-likeness (QED) is 0.215. The summed E-state index contributed by atoms with van der Waals surface area (Å²) >= 11 is 0. The highest BCUT2D eigenvalue weighted by Crippen LogP contribution is 2.63. The van der Waals surface area contributed by atoms with E-state index in [1.807, 2.05) is 6.07 Å². The molecular weight excluding hydrogens is 532 g/mol. The average Bonchev–Trinajstić information content (AvgIpc) is 3.84. The summed E-state index contributed by atoms with van der Waals surface area (Å²) in [5, 5.41) is 1.18. The van der Waals surface area contributed by atoms with E-state index in [9.17, 15) is 0 Å². The Morgan fingerprint density at radius 3 is 1.77 bits per heavy atom. The summed E-state index contributed by atoms with van der Waals surface area (Å²) in [6.07, 6.45) is 2.39. The molecule has 1 fully saturated rings. The third-order valence-corrected chi connectivity index (χ3v) is 10.1. The van der Waals surface area contributed by atoms with E-state index in [-0.39, 0.29) is 5.41 Å². The maximum absolute atomic E-state index is 5.17. The van der Waals surface area contributed by atoms with Crippen LogP contribution in [0.15, 0.2) is 140 Å². The zero-order valence-electron chi connectivity index (χ0n) is 24.2. The molecule has 0 amide bonds. The van der Waals surface area contributed by atoms with E-state index in [2.05, 4.69) is 133 Å². The number of rotatable bonds is 3. The average molecular weight is 561 g/mol. The Balaban J connectivity index is 1.24. The number of nitrogens with zero attached hydrogens (tertiary/aromatic N) is 2. The summed E-state index contributed by atoms with van der Waals surface area (Å²) in [6, 6.07) is 51.2. The topological polar surface area (TPSA) is 25.8 Å². The van der Waals surface area contributed by atoms with Gasteiger partial charge in [-0.25, -0.2) is 9.97 Å². The van der Waals surface area contributed by atoms with Crippen LogP contribution in [0.2, 0.25) is 0 Å². The molecule has 7 aromatic rings. The Labute approximate surface area is 256 Å². The molecule has 1 saturated carbocycles. The van der Waals surface area contributed by atoms with Crippen molar-refractivity contribution in [1.82, 2.24) is 9.97 Å². The number of fused-ring (bicyclic) bond motifs is 11. The monoisotopic (exact) mass is 560 g/mol. The molecule has 0 aliphatic heterocycles. The molecule has 1 aromatic heterocycles. The summed E-state index contributed by atoms with van der Waals surface area (Å²) in [5.74, 6) is 1.33. The van der Waals surface area contributed by atoms with Gasteiger partial charge in [-0.15, -0.1) is 0 Å². The van der Waals surface area contributed by atoms with Crippen LogP contribution in [0.4, 0.5) is 0 Å². The van der Waals surface area contributed by atoms with Gasteiger partial charge in [0.25, 0.3) is 0 Å². The third kappa shape index (κ3) is 3.15. The van der Waals surface area contributed by atoms with Gasteiger partial charge in [0.2, 0.25) is 0 Å². The standard InChI is InChI=1S/C42H28N2/c1-2-11-27(12-3-1)41-43-38-24-23-28(25-33(38)40(44-41)26-21-22-26)29-16-10-20-37-39(29)32-15-6-9-19-36(32)42(37)34-17-7-4-13-30(34)31-14-5-8-18-35(31)42/h1-20,23-26H,21-22H2. The Kier molecular flexibility index (Phi) is 4.85. The minimum atomic E-state index is -0.334. The van der Waals surface area contributed by atoms with Crippen LogP contribution in [-0.2, 0) is 5.41 Å². The van der Waals surface area contributed by atoms with Crippen LogP contribution in [-0.4, -0.2) is 9.97 Å². The second-order valence-corrected chi connectivity index (χ2v) is 12.4. The molecule has 0 bridgehead atoms. The van der Waals surface area contributed by atoms with Crippen LogP contribution in [0.1, 0.15) is 46.7 Å². The fraction of sp³-hybridized carbons (Fsp3) is 0.0952. The fourth-order valence-corrected chi connectivity index (χ4v) is 8.09. The van der Waals surface area contributed by atoms with Crippen molar-refractivity contribution < 1.29 is 0 Å². The normalized spacial score (nSPS) is 15.2. The second-order valence-electron chi connectivity index (χ2n) is 12.4. The molecule has 0 N–H and O–H groups in total. The van der Waals surface area contributed by atoms with Gasteiger partial charge < -0.3 is 0 Å². The molecule has 0 atom stereocenters. The van der Waals surface area contributed by atoms with Crippen molar-refractivity contribution in [2.75, 3.05) is 0 Å². The van der Waals surface area contributed by atoms with E-state index in [4.69, 9.17) is 9.97 Å². The summed E-state index contributed by atoms with van der Waals surface area (Å²) in [6.45, 7) is 0. The zero-order valence-corrected chi connectivity index (χ0v) is 24.2. The largest absolute Gasteiger partial charge is 0.232 e. The highest BCUT2D eigenvalue weighted by molar-refractivity contribution is 6.01. The highest BCUT2D eigenvalue weighted by atomic mass is 14.9. The van der Waals surface area contributed by atoms with Gasteiger partial charge in [-0.2, -0.15) is 0 Å². The van der Waals surface area contributed by atoms with E-state index in [0.29, 0.717) is 5.92 Å². The third-order valence-electron chi connectivity index (χ3n) is 10.1. The van der Waals surface area contributed by atoms with Gasteiger partial charge >= 0.3 is 0 Å². The van der Waals surface area contributed by atoms with Crippen molar-refractivity contribution in [1.29, 1.82) is 0 Å². The minimum Gasteiger partial charge on any atom is -0.232 e. The molecule has 0 saturated heterocycles. The summed E-state index contributed by atoms with van der Waals surface area (Å²) in [7, 11) is 0. The second kappa shape index (κ2) is 8.84. The maximum atomic E-state index is 5.17. The lowest BCUT2D eigenvalue weighted by Crippen LogP contribution is -2.25. The van der Waals surface area contributed by atoms with Gasteiger partial charge in [0.15, 0.2) is 5.82 Å².